The van der Waals surface area contributed by atoms with Gasteiger partial charge >= 0.3 is 0 Å². The molecule has 146 valence electrons. The van der Waals surface area contributed by atoms with E-state index in [1.54, 1.807) is 49.7 Å². The van der Waals surface area contributed by atoms with Gasteiger partial charge in [0.15, 0.2) is 23.1 Å². The number of nitriles is 1. The van der Waals surface area contributed by atoms with Crippen molar-refractivity contribution in [3.8, 4) is 23.4 Å². The van der Waals surface area contributed by atoms with E-state index in [9.17, 15) is 10.1 Å². The standard InChI is InChI=1S/C20H16BrN5O3/c1-28-16-10-13(9-15(21)19(16)29-2)6-7-18(27)25-20-14(11-22)12-24-26(20)17-5-3-4-8-23-17/h3-10,12H,1-2H3,(H,25,27)/b7-6+. The maximum absolute atomic E-state index is 12.5. The van der Waals surface area contributed by atoms with Crippen molar-refractivity contribution in [3.63, 3.8) is 0 Å². The number of hydrogen-bond donors (Lipinski definition) is 1. The molecule has 0 radical (unpaired) electrons. The number of aromatic nitrogens is 3. The predicted molar refractivity (Wildman–Crippen MR) is 111 cm³/mol. The highest BCUT2D eigenvalue weighted by Gasteiger charge is 2.15. The van der Waals surface area contributed by atoms with Gasteiger partial charge in [-0.3, -0.25) is 4.79 Å². The van der Waals surface area contributed by atoms with Crippen LogP contribution in [0.25, 0.3) is 11.9 Å². The predicted octanol–water partition coefficient (Wildman–Crippen LogP) is 3.57. The Bertz CT molecular complexity index is 1100. The molecule has 0 atom stereocenters. The summed E-state index contributed by atoms with van der Waals surface area (Å²) in [5, 5.41) is 16.1. The largest absolute Gasteiger partial charge is 0.493 e. The number of amides is 1. The summed E-state index contributed by atoms with van der Waals surface area (Å²) in [6.45, 7) is 0. The summed E-state index contributed by atoms with van der Waals surface area (Å²) in [6, 6.07) is 10.8. The normalized spacial score (nSPS) is 10.6. The average molecular weight is 454 g/mol. The minimum absolute atomic E-state index is 0.228. The number of nitrogens with zero attached hydrogens (tertiary/aromatic N) is 4. The minimum atomic E-state index is -0.426. The summed E-state index contributed by atoms with van der Waals surface area (Å²) >= 11 is 3.41. The highest BCUT2D eigenvalue weighted by atomic mass is 79.9. The molecule has 0 saturated carbocycles. The van der Waals surface area contributed by atoms with Gasteiger partial charge in [0.05, 0.1) is 24.9 Å². The zero-order chi connectivity index (χ0) is 20.8. The summed E-state index contributed by atoms with van der Waals surface area (Å²) in [6.07, 6.45) is 5.95. The second-order valence-corrected chi connectivity index (χ2v) is 6.53. The summed E-state index contributed by atoms with van der Waals surface area (Å²) in [5.41, 5.74) is 0.953. The molecule has 0 saturated heterocycles. The Morgan fingerprint density at radius 2 is 2.14 bits per heavy atom. The molecule has 0 spiro atoms. The van der Waals surface area contributed by atoms with Crippen LogP contribution in [-0.4, -0.2) is 34.9 Å². The van der Waals surface area contributed by atoms with Gasteiger partial charge in [0.25, 0.3) is 0 Å². The van der Waals surface area contributed by atoms with E-state index in [1.807, 2.05) is 6.07 Å². The smallest absolute Gasteiger partial charge is 0.249 e. The lowest BCUT2D eigenvalue weighted by atomic mass is 10.2. The molecule has 2 aromatic heterocycles. The molecule has 2 heterocycles. The number of anilines is 1. The first-order valence-electron chi connectivity index (χ1n) is 8.37. The average Bonchev–Trinajstić information content (AvgIpc) is 3.14. The fourth-order valence-corrected chi connectivity index (χ4v) is 3.19. The van der Waals surface area contributed by atoms with Crippen molar-refractivity contribution in [1.29, 1.82) is 5.26 Å². The van der Waals surface area contributed by atoms with Crippen LogP contribution in [0.2, 0.25) is 0 Å². The topological polar surface area (TPSA) is 102 Å². The van der Waals surface area contributed by atoms with Crippen molar-refractivity contribution < 1.29 is 14.3 Å². The number of nitrogens with one attached hydrogen (secondary N) is 1. The van der Waals surface area contributed by atoms with Gasteiger partial charge in [-0.05, 0) is 51.8 Å². The third-order valence-electron chi connectivity index (χ3n) is 3.88. The quantitative estimate of drug-likeness (QED) is 0.572. The van der Waals surface area contributed by atoms with Crippen molar-refractivity contribution >= 4 is 33.7 Å². The Hall–Kier alpha value is -3.64. The zero-order valence-corrected chi connectivity index (χ0v) is 17.2. The zero-order valence-electron chi connectivity index (χ0n) is 15.6. The first-order chi connectivity index (χ1) is 14.1. The van der Waals surface area contributed by atoms with E-state index in [2.05, 4.69) is 31.3 Å². The van der Waals surface area contributed by atoms with Gasteiger partial charge in [-0.1, -0.05) is 6.07 Å². The van der Waals surface area contributed by atoms with Crippen molar-refractivity contribution in [2.24, 2.45) is 0 Å². The van der Waals surface area contributed by atoms with E-state index in [1.165, 1.54) is 24.1 Å². The molecule has 0 unspecified atom stereocenters. The van der Waals surface area contributed by atoms with Crippen LogP contribution >= 0.6 is 15.9 Å². The summed E-state index contributed by atoms with van der Waals surface area (Å²) in [7, 11) is 3.08. The van der Waals surface area contributed by atoms with Crippen LogP contribution in [0.15, 0.2) is 53.3 Å². The molecule has 1 N–H and O–H groups in total. The van der Waals surface area contributed by atoms with Gasteiger partial charge in [-0.25, -0.2) is 4.98 Å². The van der Waals surface area contributed by atoms with Crippen molar-refractivity contribution in [2.45, 2.75) is 0 Å². The highest BCUT2D eigenvalue weighted by molar-refractivity contribution is 9.10. The first-order valence-corrected chi connectivity index (χ1v) is 9.16. The number of rotatable bonds is 6. The lowest BCUT2D eigenvalue weighted by Crippen LogP contribution is -2.13. The molecule has 8 nitrogen and oxygen atoms in total. The van der Waals surface area contributed by atoms with Crippen LogP contribution in [0.5, 0.6) is 11.5 Å². The van der Waals surface area contributed by atoms with Crippen LogP contribution in [0, 0.1) is 11.3 Å². The fraction of sp³-hybridized carbons (Fsp3) is 0.100. The molecule has 0 bridgehead atoms. The van der Waals surface area contributed by atoms with Crippen molar-refractivity contribution in [1.82, 2.24) is 14.8 Å². The maximum atomic E-state index is 12.5. The van der Waals surface area contributed by atoms with E-state index in [0.717, 1.165) is 5.56 Å². The summed E-state index contributed by atoms with van der Waals surface area (Å²) < 4.78 is 12.7. The third-order valence-corrected chi connectivity index (χ3v) is 4.47. The van der Waals surface area contributed by atoms with Gasteiger partial charge in [0.1, 0.15) is 11.6 Å². The Kier molecular flexibility index (Phi) is 6.26. The molecule has 29 heavy (non-hydrogen) atoms. The van der Waals surface area contributed by atoms with E-state index in [0.29, 0.717) is 21.8 Å². The Morgan fingerprint density at radius 3 is 2.79 bits per heavy atom. The third kappa shape index (κ3) is 4.44. The van der Waals surface area contributed by atoms with Gasteiger partial charge < -0.3 is 14.8 Å². The number of carbonyl (C=O) groups is 1. The molecular weight excluding hydrogens is 438 g/mol. The van der Waals surface area contributed by atoms with Gasteiger partial charge in [0, 0.05) is 12.3 Å². The number of hydrogen-bond acceptors (Lipinski definition) is 6. The van der Waals surface area contributed by atoms with Gasteiger partial charge in [-0.15, -0.1) is 0 Å². The van der Waals surface area contributed by atoms with Crippen LogP contribution in [-0.2, 0) is 4.79 Å². The second kappa shape index (κ2) is 9.03. The van der Waals surface area contributed by atoms with E-state index in [-0.39, 0.29) is 11.4 Å². The molecular formula is C20H16BrN5O3. The van der Waals surface area contributed by atoms with Gasteiger partial charge in [0.2, 0.25) is 5.91 Å². The van der Waals surface area contributed by atoms with E-state index < -0.39 is 5.91 Å². The van der Waals surface area contributed by atoms with Crippen LogP contribution in [0.1, 0.15) is 11.1 Å². The van der Waals surface area contributed by atoms with Gasteiger partial charge in [-0.2, -0.15) is 15.0 Å². The molecule has 3 rings (SSSR count). The SMILES string of the molecule is COc1cc(/C=C/C(=O)Nc2c(C#N)cnn2-c2ccccn2)cc(Br)c1OC. The van der Waals surface area contributed by atoms with Crippen LogP contribution in [0.4, 0.5) is 5.82 Å². The van der Waals surface area contributed by atoms with Crippen molar-refractivity contribution in [2.75, 3.05) is 19.5 Å². The van der Waals surface area contributed by atoms with E-state index in [4.69, 9.17) is 9.47 Å². The number of carbonyl (C=O) groups excluding carboxylic acids is 1. The monoisotopic (exact) mass is 453 g/mol. The summed E-state index contributed by atoms with van der Waals surface area (Å²) in [4.78, 5) is 16.7. The molecule has 3 aromatic rings. The molecule has 1 aromatic carbocycles. The minimum Gasteiger partial charge on any atom is -0.493 e. The number of pyridine rings is 1. The molecule has 9 heteroatoms. The summed E-state index contributed by atoms with van der Waals surface area (Å²) in [5.74, 6) is 1.39. The number of halogens is 1. The Morgan fingerprint density at radius 1 is 1.31 bits per heavy atom. The molecule has 1 amide bonds. The molecule has 0 fully saturated rings. The van der Waals surface area contributed by atoms with E-state index >= 15 is 0 Å². The second-order valence-electron chi connectivity index (χ2n) is 5.68. The molecule has 0 aliphatic rings. The maximum Gasteiger partial charge on any atom is 0.249 e. The fourth-order valence-electron chi connectivity index (χ4n) is 2.57. The lowest BCUT2D eigenvalue weighted by Gasteiger charge is -2.10. The van der Waals surface area contributed by atoms with Crippen molar-refractivity contribution in [3.05, 3.63) is 64.4 Å². The van der Waals surface area contributed by atoms with Crippen LogP contribution in [0.3, 0.4) is 0 Å². The number of benzene rings is 1. The lowest BCUT2D eigenvalue weighted by molar-refractivity contribution is -0.111. The first kappa shape index (κ1) is 20.1. The number of methoxy groups -OCH3 is 2. The van der Waals surface area contributed by atoms with Crippen LogP contribution < -0.4 is 14.8 Å². The molecule has 0 aliphatic heterocycles. The Balaban J connectivity index is 1.84. The molecule has 0 aliphatic carbocycles. The Labute approximate surface area is 175 Å². The number of ether oxygens (including phenoxy) is 2. The highest BCUT2D eigenvalue weighted by Crippen LogP contribution is 2.36.